The lowest BCUT2D eigenvalue weighted by Crippen LogP contribution is -2.33. The monoisotopic (exact) mass is 249 g/mol. The molecule has 0 saturated carbocycles. The highest BCUT2D eigenvalue weighted by Gasteiger charge is 2.18. The van der Waals surface area contributed by atoms with Gasteiger partial charge in [0.15, 0.2) is 0 Å². The molecule has 2 heteroatoms. The molecule has 1 fully saturated rings. The van der Waals surface area contributed by atoms with Gasteiger partial charge in [-0.3, -0.25) is 4.90 Å². The van der Waals surface area contributed by atoms with Crippen molar-refractivity contribution in [3.8, 4) is 0 Å². The van der Waals surface area contributed by atoms with Crippen LogP contribution in [0.1, 0.15) is 31.2 Å². The number of hydrogen-bond acceptors (Lipinski definition) is 2. The minimum absolute atomic E-state index is 0.953. The zero-order valence-corrected chi connectivity index (χ0v) is 11.4. The zero-order chi connectivity index (χ0) is 11.9. The van der Waals surface area contributed by atoms with Crippen molar-refractivity contribution in [3.05, 3.63) is 35.9 Å². The molecule has 1 saturated heterocycles. The van der Waals surface area contributed by atoms with E-state index in [1.807, 2.05) is 0 Å². The summed E-state index contributed by atoms with van der Waals surface area (Å²) in [6, 6.07) is 10.8. The molecule has 1 heterocycles. The quantitative estimate of drug-likeness (QED) is 0.780. The molecule has 1 aromatic carbocycles. The van der Waals surface area contributed by atoms with Gasteiger partial charge in [0, 0.05) is 6.54 Å². The molecule has 94 valence electrons. The summed E-state index contributed by atoms with van der Waals surface area (Å²) in [6.07, 6.45) is 5.41. The van der Waals surface area contributed by atoms with Crippen LogP contribution in [0.3, 0.4) is 0 Å². The molecular formula is C15H23NS. The summed E-state index contributed by atoms with van der Waals surface area (Å²) in [5.41, 5.74) is 1.45. The highest BCUT2D eigenvalue weighted by atomic mass is 32.1. The summed E-state index contributed by atoms with van der Waals surface area (Å²) in [4.78, 5) is 2.59. The van der Waals surface area contributed by atoms with E-state index >= 15 is 0 Å². The average molecular weight is 249 g/mol. The predicted molar refractivity (Wildman–Crippen MR) is 77.5 cm³/mol. The van der Waals surface area contributed by atoms with Crippen LogP contribution in [-0.4, -0.2) is 23.7 Å². The minimum Gasteiger partial charge on any atom is -0.299 e. The molecule has 17 heavy (non-hydrogen) atoms. The Hall–Kier alpha value is -0.470. The molecule has 2 rings (SSSR count). The number of benzene rings is 1. The summed E-state index contributed by atoms with van der Waals surface area (Å²) in [5, 5.41) is 0. The van der Waals surface area contributed by atoms with E-state index in [-0.39, 0.29) is 0 Å². The van der Waals surface area contributed by atoms with Crippen LogP contribution in [0.15, 0.2) is 30.3 Å². The van der Waals surface area contributed by atoms with E-state index in [0.29, 0.717) is 0 Å². The second-order valence-corrected chi connectivity index (χ2v) is 5.52. The van der Waals surface area contributed by atoms with E-state index < -0.39 is 0 Å². The fraction of sp³-hybridized carbons (Fsp3) is 0.600. The lowest BCUT2D eigenvalue weighted by atomic mass is 9.92. The lowest BCUT2D eigenvalue weighted by Gasteiger charge is -2.32. The molecular weight excluding hydrogens is 226 g/mol. The third-order valence-electron chi connectivity index (χ3n) is 3.73. The molecule has 0 aromatic heterocycles. The largest absolute Gasteiger partial charge is 0.299 e. The van der Waals surface area contributed by atoms with Crippen LogP contribution in [-0.2, 0) is 6.54 Å². The van der Waals surface area contributed by atoms with Gasteiger partial charge in [0.25, 0.3) is 0 Å². The van der Waals surface area contributed by atoms with E-state index in [1.54, 1.807) is 0 Å². The summed E-state index contributed by atoms with van der Waals surface area (Å²) in [7, 11) is 0. The zero-order valence-electron chi connectivity index (χ0n) is 10.5. The first-order valence-electron chi connectivity index (χ1n) is 6.75. The smallest absolute Gasteiger partial charge is 0.0233 e. The molecule has 0 unspecified atom stereocenters. The fourth-order valence-electron chi connectivity index (χ4n) is 2.65. The predicted octanol–water partition coefficient (Wildman–Crippen LogP) is 3.61. The van der Waals surface area contributed by atoms with Gasteiger partial charge in [0.2, 0.25) is 0 Å². The van der Waals surface area contributed by atoms with E-state index in [2.05, 4.69) is 47.9 Å². The molecule has 0 radical (unpaired) electrons. The Labute approximate surface area is 111 Å². The Bertz CT molecular complexity index is 304. The Morgan fingerprint density at radius 1 is 1.12 bits per heavy atom. The van der Waals surface area contributed by atoms with Crippen LogP contribution in [0.5, 0.6) is 0 Å². The topological polar surface area (TPSA) is 3.24 Å². The van der Waals surface area contributed by atoms with Gasteiger partial charge in [-0.2, -0.15) is 12.6 Å². The normalized spacial score (nSPS) is 18.4. The molecule has 0 bridgehead atoms. The van der Waals surface area contributed by atoms with Crippen LogP contribution in [0.2, 0.25) is 0 Å². The minimum atomic E-state index is 0.953. The Balaban J connectivity index is 1.72. The maximum Gasteiger partial charge on any atom is 0.0233 e. The van der Waals surface area contributed by atoms with Gasteiger partial charge in [0.1, 0.15) is 0 Å². The number of thiol groups is 1. The number of piperidine rings is 1. The fourth-order valence-corrected chi connectivity index (χ4v) is 2.84. The van der Waals surface area contributed by atoms with Gasteiger partial charge in [-0.15, -0.1) is 0 Å². The first-order valence-corrected chi connectivity index (χ1v) is 7.39. The third kappa shape index (κ3) is 4.36. The van der Waals surface area contributed by atoms with Crippen molar-refractivity contribution in [2.45, 2.75) is 32.2 Å². The molecule has 0 aliphatic carbocycles. The highest BCUT2D eigenvalue weighted by Crippen LogP contribution is 2.23. The van der Waals surface area contributed by atoms with Crippen molar-refractivity contribution >= 4 is 12.6 Å². The molecule has 1 aliphatic rings. The van der Waals surface area contributed by atoms with Gasteiger partial charge in [0.05, 0.1) is 0 Å². The molecule has 0 amide bonds. The number of likely N-dealkylation sites (tertiary alicyclic amines) is 1. The second-order valence-electron chi connectivity index (χ2n) is 5.07. The van der Waals surface area contributed by atoms with Crippen LogP contribution in [0.25, 0.3) is 0 Å². The Morgan fingerprint density at radius 2 is 1.82 bits per heavy atom. The first-order chi connectivity index (χ1) is 8.38. The summed E-state index contributed by atoms with van der Waals surface area (Å²) in [6.45, 7) is 3.67. The van der Waals surface area contributed by atoms with E-state index in [4.69, 9.17) is 0 Å². The molecule has 1 aliphatic heterocycles. The number of hydrogen-bond donors (Lipinski definition) is 1. The van der Waals surface area contributed by atoms with Crippen LogP contribution < -0.4 is 0 Å². The van der Waals surface area contributed by atoms with E-state index in [1.165, 1.54) is 44.3 Å². The van der Waals surface area contributed by atoms with Gasteiger partial charge in [-0.05, 0) is 56.0 Å². The lowest BCUT2D eigenvalue weighted by molar-refractivity contribution is 0.172. The van der Waals surface area contributed by atoms with Crippen LogP contribution in [0, 0.1) is 5.92 Å². The van der Waals surface area contributed by atoms with Crippen molar-refractivity contribution in [2.75, 3.05) is 18.8 Å². The van der Waals surface area contributed by atoms with Crippen molar-refractivity contribution in [2.24, 2.45) is 5.92 Å². The van der Waals surface area contributed by atoms with Crippen molar-refractivity contribution in [1.82, 2.24) is 4.90 Å². The maximum absolute atomic E-state index is 4.29. The SMILES string of the molecule is SCCCC1CCN(Cc2ccccc2)CC1. The summed E-state index contributed by atoms with van der Waals surface area (Å²) in [5.74, 6) is 2.00. The summed E-state index contributed by atoms with van der Waals surface area (Å²) >= 11 is 4.29. The van der Waals surface area contributed by atoms with Gasteiger partial charge in [-0.1, -0.05) is 30.3 Å². The van der Waals surface area contributed by atoms with Gasteiger partial charge in [-0.25, -0.2) is 0 Å². The number of nitrogens with zero attached hydrogens (tertiary/aromatic N) is 1. The average Bonchev–Trinajstić information content (AvgIpc) is 2.39. The Kier molecular flexibility index (Phi) is 5.40. The molecule has 1 nitrogen and oxygen atoms in total. The van der Waals surface area contributed by atoms with E-state index in [9.17, 15) is 0 Å². The summed E-state index contributed by atoms with van der Waals surface area (Å²) < 4.78 is 0. The second kappa shape index (κ2) is 7.07. The molecule has 1 aromatic rings. The van der Waals surface area contributed by atoms with Crippen LogP contribution >= 0.6 is 12.6 Å². The third-order valence-corrected chi connectivity index (χ3v) is 4.04. The van der Waals surface area contributed by atoms with Crippen LogP contribution in [0.4, 0.5) is 0 Å². The number of rotatable bonds is 5. The molecule has 0 N–H and O–H groups in total. The van der Waals surface area contributed by atoms with Gasteiger partial charge < -0.3 is 0 Å². The Morgan fingerprint density at radius 3 is 2.47 bits per heavy atom. The van der Waals surface area contributed by atoms with Crippen molar-refractivity contribution < 1.29 is 0 Å². The molecule has 0 atom stereocenters. The maximum atomic E-state index is 4.29. The van der Waals surface area contributed by atoms with Gasteiger partial charge >= 0.3 is 0 Å². The van der Waals surface area contributed by atoms with E-state index in [0.717, 1.165) is 18.2 Å². The van der Waals surface area contributed by atoms with Crippen molar-refractivity contribution in [1.29, 1.82) is 0 Å². The highest BCUT2D eigenvalue weighted by molar-refractivity contribution is 7.80. The van der Waals surface area contributed by atoms with Crippen molar-refractivity contribution in [3.63, 3.8) is 0 Å². The molecule has 0 spiro atoms. The first kappa shape index (κ1) is 13.0. The standard InChI is InChI=1S/C15H23NS/c17-12-4-7-14-8-10-16(11-9-14)13-15-5-2-1-3-6-15/h1-3,5-6,14,17H,4,7-13H2.